The summed E-state index contributed by atoms with van der Waals surface area (Å²) in [5, 5.41) is 10.7. The zero-order valence-electron chi connectivity index (χ0n) is 72.2. The van der Waals surface area contributed by atoms with Crippen LogP contribution in [0.1, 0.15) is 473 Å². The Bertz CT molecular complexity index is 2110. The third kappa shape index (κ3) is 81.0. The van der Waals surface area contributed by atoms with E-state index in [9.17, 15) is 43.2 Å². The van der Waals surface area contributed by atoms with E-state index >= 15 is 0 Å². The van der Waals surface area contributed by atoms with Gasteiger partial charge in [-0.25, -0.2) is 9.13 Å². The Morgan fingerprint density at radius 2 is 0.440 bits per heavy atom. The fourth-order valence-electron chi connectivity index (χ4n) is 14.0. The lowest BCUT2D eigenvalue weighted by Gasteiger charge is -2.21. The summed E-state index contributed by atoms with van der Waals surface area (Å²) < 4.78 is 69.0. The van der Waals surface area contributed by atoms with Crippen molar-refractivity contribution in [2.24, 2.45) is 23.7 Å². The van der Waals surface area contributed by atoms with Crippen LogP contribution in [0.15, 0.2) is 0 Å². The van der Waals surface area contributed by atoms with Gasteiger partial charge in [0.25, 0.3) is 0 Å². The van der Waals surface area contributed by atoms with Crippen LogP contribution in [-0.4, -0.2) is 96.7 Å². The third-order valence-electron chi connectivity index (χ3n) is 21.8. The highest BCUT2D eigenvalue weighted by Gasteiger charge is 2.31. The summed E-state index contributed by atoms with van der Waals surface area (Å²) in [7, 11) is -9.94. The van der Waals surface area contributed by atoms with Gasteiger partial charge in [0, 0.05) is 25.7 Å². The number of esters is 4. The Labute approximate surface area is 670 Å². The highest BCUT2D eigenvalue weighted by atomic mass is 31.2. The van der Waals surface area contributed by atoms with Crippen molar-refractivity contribution in [1.29, 1.82) is 0 Å². The van der Waals surface area contributed by atoms with Gasteiger partial charge in [0.05, 0.1) is 26.4 Å². The molecule has 0 spiro atoms. The lowest BCUT2D eigenvalue weighted by Crippen LogP contribution is -2.30. The average Bonchev–Trinajstić information content (AvgIpc) is 0.884. The van der Waals surface area contributed by atoms with Gasteiger partial charge in [0.1, 0.15) is 19.3 Å². The Kier molecular flexibility index (Phi) is 77.2. The molecule has 19 heteroatoms. The first-order valence-corrected chi connectivity index (χ1v) is 49.3. The molecule has 0 saturated heterocycles. The van der Waals surface area contributed by atoms with E-state index in [0.29, 0.717) is 25.7 Å². The van der Waals surface area contributed by atoms with Gasteiger partial charge >= 0.3 is 39.5 Å². The summed E-state index contributed by atoms with van der Waals surface area (Å²) in [5.74, 6) is 1.16. The van der Waals surface area contributed by atoms with Gasteiger partial charge in [-0.3, -0.25) is 37.3 Å². The molecule has 0 rings (SSSR count). The molecule has 0 aliphatic carbocycles. The van der Waals surface area contributed by atoms with Crippen LogP contribution in [0.3, 0.4) is 0 Å². The second kappa shape index (κ2) is 78.6. The summed E-state index contributed by atoms with van der Waals surface area (Å²) in [6.07, 6.45) is 69.3. The van der Waals surface area contributed by atoms with Crippen molar-refractivity contribution in [1.82, 2.24) is 0 Å². The monoisotopic (exact) mass is 1590 g/mol. The van der Waals surface area contributed by atoms with Gasteiger partial charge in [-0.2, -0.15) is 0 Å². The molecule has 648 valence electrons. The van der Waals surface area contributed by atoms with Crippen LogP contribution in [0.4, 0.5) is 0 Å². The number of rotatable bonds is 87. The first-order valence-electron chi connectivity index (χ1n) is 46.3. The van der Waals surface area contributed by atoms with Crippen LogP contribution in [-0.2, 0) is 65.4 Å². The van der Waals surface area contributed by atoms with E-state index in [2.05, 4.69) is 55.4 Å². The second-order valence-corrected chi connectivity index (χ2v) is 36.7. The number of unbranched alkanes of at least 4 members (excludes halogenated alkanes) is 51. The number of ether oxygens (including phenoxy) is 4. The molecule has 0 aromatic rings. The first-order chi connectivity index (χ1) is 52.7. The predicted molar refractivity (Wildman–Crippen MR) is 451 cm³/mol. The zero-order valence-corrected chi connectivity index (χ0v) is 74.0. The lowest BCUT2D eigenvalue weighted by atomic mass is 9.99. The maximum absolute atomic E-state index is 13.2. The van der Waals surface area contributed by atoms with E-state index in [1.807, 2.05) is 0 Å². The highest BCUT2D eigenvalue weighted by Crippen LogP contribution is 2.45. The van der Waals surface area contributed by atoms with Gasteiger partial charge in [-0.1, -0.05) is 421 Å². The molecule has 0 saturated carbocycles. The largest absolute Gasteiger partial charge is 0.472 e. The fourth-order valence-corrected chi connectivity index (χ4v) is 15.5. The van der Waals surface area contributed by atoms with Crippen LogP contribution >= 0.6 is 15.6 Å². The topological polar surface area (TPSA) is 237 Å². The Morgan fingerprint density at radius 1 is 0.257 bits per heavy atom. The van der Waals surface area contributed by atoms with E-state index in [0.717, 1.165) is 114 Å². The van der Waals surface area contributed by atoms with Crippen LogP contribution in [0.5, 0.6) is 0 Å². The molecule has 4 unspecified atom stereocenters. The number of hydrogen-bond donors (Lipinski definition) is 3. The summed E-state index contributed by atoms with van der Waals surface area (Å²) in [6, 6.07) is 0. The van der Waals surface area contributed by atoms with Crippen molar-refractivity contribution in [2.75, 3.05) is 39.6 Å². The molecule has 3 N–H and O–H groups in total. The van der Waals surface area contributed by atoms with Crippen LogP contribution in [0.25, 0.3) is 0 Å². The molecule has 0 bridgehead atoms. The van der Waals surface area contributed by atoms with E-state index in [4.69, 9.17) is 37.0 Å². The normalized spacial score (nSPS) is 14.4. The van der Waals surface area contributed by atoms with E-state index < -0.39 is 97.5 Å². The van der Waals surface area contributed by atoms with E-state index in [1.165, 1.54) is 276 Å². The average molecular weight is 1590 g/mol. The molecule has 0 aromatic carbocycles. The minimum absolute atomic E-state index is 0.107. The van der Waals surface area contributed by atoms with Crippen LogP contribution in [0, 0.1) is 23.7 Å². The van der Waals surface area contributed by atoms with E-state index in [-0.39, 0.29) is 25.7 Å². The molecule has 0 aliphatic rings. The molecule has 17 nitrogen and oxygen atoms in total. The quantitative estimate of drug-likeness (QED) is 0.0222. The third-order valence-corrected chi connectivity index (χ3v) is 23.7. The number of aliphatic hydroxyl groups is 1. The number of carbonyl (C=O) groups excluding carboxylic acids is 4. The molecule has 0 aromatic heterocycles. The van der Waals surface area contributed by atoms with Crippen molar-refractivity contribution in [3.8, 4) is 0 Å². The van der Waals surface area contributed by atoms with Gasteiger partial charge in [-0.15, -0.1) is 0 Å². The maximum Gasteiger partial charge on any atom is 0.472 e. The van der Waals surface area contributed by atoms with Crippen molar-refractivity contribution in [3.05, 3.63) is 0 Å². The lowest BCUT2D eigenvalue weighted by molar-refractivity contribution is -0.161. The molecule has 0 radical (unpaired) electrons. The standard InChI is InChI=1S/C90H176O17P2/c1-9-82(7)68-60-52-44-36-28-22-15-13-11-12-14-16-25-31-39-48-56-64-72-89(94)106-85(76-100-87(92)70-62-54-46-38-30-24-20-18-23-29-37-45-53-61-69-83(8)10-2)78-104-108(96,97)102-74-84(91)75-103-109(98,99)105-79-86(77-101-88(93)71-63-55-47-41-33-35-43-51-59-67-81(5)6)107-90(95)73-65-57-49-40-32-26-19-17-21-27-34-42-50-58-66-80(3)4/h80-86,91H,9-79H2,1-8H3,(H,96,97)(H,98,99)/t82?,83?,84-,85-,86-/m1/s1. The van der Waals surface area contributed by atoms with Gasteiger partial charge in [-0.05, 0) is 49.4 Å². The second-order valence-electron chi connectivity index (χ2n) is 33.8. The summed E-state index contributed by atoms with van der Waals surface area (Å²) in [4.78, 5) is 73.4. The Balaban J connectivity index is 5.26. The Hall–Kier alpha value is -1.94. The molecule has 0 heterocycles. The van der Waals surface area contributed by atoms with Crippen LogP contribution < -0.4 is 0 Å². The minimum atomic E-state index is -4.97. The molecule has 109 heavy (non-hydrogen) atoms. The van der Waals surface area contributed by atoms with Crippen LogP contribution in [0.2, 0.25) is 0 Å². The number of aliphatic hydroxyl groups excluding tert-OH is 1. The van der Waals surface area contributed by atoms with Crippen molar-refractivity contribution < 1.29 is 80.2 Å². The minimum Gasteiger partial charge on any atom is -0.462 e. The Morgan fingerprint density at radius 3 is 0.651 bits per heavy atom. The molecular weight excluding hydrogens is 1410 g/mol. The fraction of sp³-hybridized carbons (Fsp3) is 0.956. The number of hydrogen-bond acceptors (Lipinski definition) is 15. The summed E-state index contributed by atoms with van der Waals surface area (Å²) >= 11 is 0. The molecule has 7 atom stereocenters. The van der Waals surface area contributed by atoms with Gasteiger partial charge in [0.15, 0.2) is 12.2 Å². The predicted octanol–water partition coefficient (Wildman–Crippen LogP) is 27.5. The number of phosphoric acid groups is 2. The van der Waals surface area contributed by atoms with Crippen molar-refractivity contribution in [3.63, 3.8) is 0 Å². The maximum atomic E-state index is 13.2. The molecule has 0 fully saturated rings. The van der Waals surface area contributed by atoms with E-state index in [1.54, 1.807) is 0 Å². The molecule has 0 aliphatic heterocycles. The number of phosphoric ester groups is 2. The van der Waals surface area contributed by atoms with Crippen molar-refractivity contribution >= 4 is 39.5 Å². The number of carbonyl (C=O) groups is 4. The van der Waals surface area contributed by atoms with Gasteiger partial charge in [0.2, 0.25) is 0 Å². The first kappa shape index (κ1) is 107. The molecule has 0 amide bonds. The highest BCUT2D eigenvalue weighted by molar-refractivity contribution is 7.47. The zero-order chi connectivity index (χ0) is 80.2. The smallest absolute Gasteiger partial charge is 0.462 e. The SMILES string of the molecule is CCC(C)CCCCCCCCCCCCCCCCCCCCC(=O)O[C@H](COC(=O)CCCCCCCCCCCCCCCCC(C)CC)COP(=O)(O)OC[C@@H](O)COP(=O)(O)OC[C@@H](COC(=O)CCCCCCCCCCCC(C)C)OC(=O)CCCCCCCCCCCCCCCCC(C)C. The van der Waals surface area contributed by atoms with Crippen molar-refractivity contribution in [2.45, 2.75) is 491 Å². The van der Waals surface area contributed by atoms with Gasteiger partial charge < -0.3 is 33.8 Å². The molecular formula is C90H176O17P2. The summed E-state index contributed by atoms with van der Waals surface area (Å²) in [6.45, 7) is 14.4. The summed E-state index contributed by atoms with van der Waals surface area (Å²) in [5.41, 5.74) is 0.